The Morgan fingerprint density at radius 2 is 2.06 bits per heavy atom. The minimum Gasteiger partial charge on any atom is -0.380 e. The maximum Gasteiger partial charge on any atom is 0.0593 e. The predicted octanol–water partition coefficient (Wildman–Crippen LogP) is 2.66. The van der Waals surface area contributed by atoms with Crippen molar-refractivity contribution in [3.8, 4) is 0 Å². The van der Waals surface area contributed by atoms with Crippen LogP contribution >= 0.6 is 0 Å². The van der Waals surface area contributed by atoms with Gasteiger partial charge in [0, 0.05) is 25.2 Å². The molecule has 1 N–H and O–H groups in total. The van der Waals surface area contributed by atoms with Gasteiger partial charge in [-0.05, 0) is 45.7 Å². The zero-order chi connectivity index (χ0) is 13.2. The van der Waals surface area contributed by atoms with Crippen molar-refractivity contribution in [3.63, 3.8) is 0 Å². The van der Waals surface area contributed by atoms with E-state index in [2.05, 4.69) is 31.0 Å². The molecule has 0 radical (unpaired) electrons. The molecular formula is C15H32N2O. The molecule has 18 heavy (non-hydrogen) atoms. The Bertz CT molecular complexity index is 199. The fraction of sp³-hybridized carbons (Fsp3) is 1.00. The summed E-state index contributed by atoms with van der Waals surface area (Å²) in [6.07, 6.45) is 6.66. The first-order valence-corrected chi connectivity index (χ1v) is 7.86. The van der Waals surface area contributed by atoms with E-state index in [9.17, 15) is 0 Å². The highest BCUT2D eigenvalue weighted by molar-refractivity contribution is 4.83. The van der Waals surface area contributed by atoms with Gasteiger partial charge in [0.1, 0.15) is 0 Å². The fourth-order valence-electron chi connectivity index (χ4n) is 2.95. The van der Waals surface area contributed by atoms with Crippen LogP contribution in [0.4, 0.5) is 0 Å². The van der Waals surface area contributed by atoms with Crippen LogP contribution in [0.2, 0.25) is 0 Å². The number of rotatable bonds is 9. The van der Waals surface area contributed by atoms with Gasteiger partial charge in [0.05, 0.1) is 6.61 Å². The molecular weight excluding hydrogens is 224 g/mol. The van der Waals surface area contributed by atoms with Crippen LogP contribution in [0.25, 0.3) is 0 Å². The second-order valence-electron chi connectivity index (χ2n) is 5.30. The summed E-state index contributed by atoms with van der Waals surface area (Å²) in [5, 5.41) is 3.69. The lowest BCUT2D eigenvalue weighted by Gasteiger charge is -2.37. The molecule has 0 aliphatic heterocycles. The average Bonchev–Trinajstić information content (AvgIpc) is 2.42. The van der Waals surface area contributed by atoms with Gasteiger partial charge in [0.15, 0.2) is 0 Å². The Morgan fingerprint density at radius 3 is 2.72 bits per heavy atom. The van der Waals surface area contributed by atoms with Crippen LogP contribution in [0.3, 0.4) is 0 Å². The number of nitrogens with one attached hydrogen (secondary N) is 1. The van der Waals surface area contributed by atoms with Crippen LogP contribution < -0.4 is 5.32 Å². The SMILES string of the molecule is CCCNC1CCCC(N(CC)CCOCC)C1. The van der Waals surface area contributed by atoms with Crippen LogP contribution in [0, 0.1) is 0 Å². The third-order valence-electron chi connectivity index (χ3n) is 3.98. The van der Waals surface area contributed by atoms with E-state index in [1.807, 2.05) is 0 Å². The highest BCUT2D eigenvalue weighted by atomic mass is 16.5. The summed E-state index contributed by atoms with van der Waals surface area (Å²) >= 11 is 0. The van der Waals surface area contributed by atoms with E-state index in [4.69, 9.17) is 4.74 Å². The summed E-state index contributed by atoms with van der Waals surface area (Å²) in [7, 11) is 0. The molecule has 0 spiro atoms. The first-order chi connectivity index (χ1) is 8.81. The van der Waals surface area contributed by atoms with Crippen LogP contribution in [-0.2, 0) is 4.74 Å². The van der Waals surface area contributed by atoms with E-state index in [1.54, 1.807) is 0 Å². The third kappa shape index (κ3) is 5.68. The lowest BCUT2D eigenvalue weighted by atomic mass is 9.90. The van der Waals surface area contributed by atoms with Crippen LogP contribution in [-0.4, -0.2) is 49.8 Å². The van der Waals surface area contributed by atoms with Gasteiger partial charge in [-0.15, -0.1) is 0 Å². The number of likely N-dealkylation sites (N-methyl/N-ethyl adjacent to an activating group) is 1. The van der Waals surface area contributed by atoms with E-state index in [1.165, 1.54) is 38.6 Å². The molecule has 1 aliphatic rings. The van der Waals surface area contributed by atoms with Gasteiger partial charge in [0.2, 0.25) is 0 Å². The summed E-state index contributed by atoms with van der Waals surface area (Å²) in [5.41, 5.74) is 0. The molecule has 0 heterocycles. The number of hydrogen-bond donors (Lipinski definition) is 1. The Labute approximate surface area is 113 Å². The molecule has 0 amide bonds. The lowest BCUT2D eigenvalue weighted by Crippen LogP contribution is -2.45. The molecule has 108 valence electrons. The van der Waals surface area contributed by atoms with Crippen molar-refractivity contribution in [1.29, 1.82) is 0 Å². The van der Waals surface area contributed by atoms with Gasteiger partial charge in [0.25, 0.3) is 0 Å². The monoisotopic (exact) mass is 256 g/mol. The molecule has 0 saturated heterocycles. The second-order valence-corrected chi connectivity index (χ2v) is 5.30. The van der Waals surface area contributed by atoms with Crippen molar-refractivity contribution < 1.29 is 4.74 Å². The van der Waals surface area contributed by atoms with Crippen molar-refractivity contribution in [3.05, 3.63) is 0 Å². The summed E-state index contributed by atoms with van der Waals surface area (Å²) < 4.78 is 5.49. The Kier molecular flexibility index (Phi) is 8.64. The van der Waals surface area contributed by atoms with Gasteiger partial charge < -0.3 is 10.1 Å². The quantitative estimate of drug-likeness (QED) is 0.642. The van der Waals surface area contributed by atoms with Crippen LogP contribution in [0.15, 0.2) is 0 Å². The molecule has 2 unspecified atom stereocenters. The van der Waals surface area contributed by atoms with Crippen molar-refractivity contribution >= 4 is 0 Å². The molecule has 3 nitrogen and oxygen atoms in total. The second kappa shape index (κ2) is 9.76. The van der Waals surface area contributed by atoms with E-state index >= 15 is 0 Å². The number of hydrogen-bond acceptors (Lipinski definition) is 3. The van der Waals surface area contributed by atoms with Gasteiger partial charge in [-0.2, -0.15) is 0 Å². The van der Waals surface area contributed by atoms with Gasteiger partial charge in [-0.1, -0.05) is 20.3 Å². The van der Waals surface area contributed by atoms with Crippen molar-refractivity contribution in [1.82, 2.24) is 10.2 Å². The summed E-state index contributed by atoms with van der Waals surface area (Å²) in [6, 6.07) is 1.50. The molecule has 1 saturated carbocycles. The van der Waals surface area contributed by atoms with E-state index in [-0.39, 0.29) is 0 Å². The number of nitrogens with zero attached hydrogens (tertiary/aromatic N) is 1. The first-order valence-electron chi connectivity index (χ1n) is 7.86. The molecule has 0 aromatic carbocycles. The van der Waals surface area contributed by atoms with Crippen LogP contribution in [0.5, 0.6) is 0 Å². The smallest absolute Gasteiger partial charge is 0.0593 e. The van der Waals surface area contributed by atoms with Crippen molar-refractivity contribution in [2.75, 3.05) is 32.8 Å². The zero-order valence-electron chi connectivity index (χ0n) is 12.6. The highest BCUT2D eigenvalue weighted by Crippen LogP contribution is 2.23. The molecule has 1 rings (SSSR count). The summed E-state index contributed by atoms with van der Waals surface area (Å²) in [4.78, 5) is 2.61. The molecule has 0 bridgehead atoms. The average molecular weight is 256 g/mol. The standard InChI is InChI=1S/C15H32N2O/c1-4-10-16-14-8-7-9-15(13-14)17(5-2)11-12-18-6-3/h14-16H,4-13H2,1-3H3. The summed E-state index contributed by atoms with van der Waals surface area (Å²) in [6.45, 7) is 11.7. The van der Waals surface area contributed by atoms with Gasteiger partial charge in [-0.3, -0.25) is 4.90 Å². The van der Waals surface area contributed by atoms with E-state index < -0.39 is 0 Å². The summed E-state index contributed by atoms with van der Waals surface area (Å²) in [5.74, 6) is 0. The maximum atomic E-state index is 5.49. The molecule has 0 aromatic rings. The third-order valence-corrected chi connectivity index (χ3v) is 3.98. The molecule has 1 fully saturated rings. The van der Waals surface area contributed by atoms with E-state index in [0.29, 0.717) is 0 Å². The maximum absolute atomic E-state index is 5.49. The first kappa shape index (κ1) is 15.9. The van der Waals surface area contributed by atoms with Gasteiger partial charge in [-0.25, -0.2) is 0 Å². The Balaban J connectivity index is 2.32. The van der Waals surface area contributed by atoms with Crippen molar-refractivity contribution in [2.45, 2.75) is 65.0 Å². The highest BCUT2D eigenvalue weighted by Gasteiger charge is 2.25. The van der Waals surface area contributed by atoms with Gasteiger partial charge >= 0.3 is 0 Å². The van der Waals surface area contributed by atoms with Crippen molar-refractivity contribution in [2.24, 2.45) is 0 Å². The zero-order valence-corrected chi connectivity index (χ0v) is 12.6. The predicted molar refractivity (Wildman–Crippen MR) is 78.1 cm³/mol. The molecule has 3 heteroatoms. The Morgan fingerprint density at radius 1 is 1.22 bits per heavy atom. The van der Waals surface area contributed by atoms with E-state index in [0.717, 1.165) is 38.4 Å². The topological polar surface area (TPSA) is 24.5 Å². The molecule has 2 atom stereocenters. The molecule has 0 aromatic heterocycles. The molecule has 1 aliphatic carbocycles. The lowest BCUT2D eigenvalue weighted by molar-refractivity contribution is 0.0802. The Hall–Kier alpha value is -0.120. The minimum atomic E-state index is 0.741. The number of ether oxygens (including phenoxy) is 1. The fourth-order valence-corrected chi connectivity index (χ4v) is 2.95. The minimum absolute atomic E-state index is 0.741. The normalized spacial score (nSPS) is 24.7. The van der Waals surface area contributed by atoms with Crippen LogP contribution in [0.1, 0.15) is 52.9 Å². The largest absolute Gasteiger partial charge is 0.380 e.